The monoisotopic (exact) mass is 502 g/mol. The van der Waals surface area contributed by atoms with E-state index in [4.69, 9.17) is 4.74 Å². The van der Waals surface area contributed by atoms with Gasteiger partial charge >= 0.3 is 0 Å². The van der Waals surface area contributed by atoms with Gasteiger partial charge in [0.05, 0.1) is 19.9 Å². The number of carbonyl (C=O) groups excluding carboxylic acids is 1. The quantitative estimate of drug-likeness (QED) is 0.288. The molecule has 0 atom stereocenters. The molecule has 1 amide bonds. The average molecular weight is 502 g/mol. The Labute approximate surface area is 184 Å². The number of amides is 1. The van der Waals surface area contributed by atoms with Gasteiger partial charge in [-0.2, -0.15) is 5.10 Å². The molecule has 3 rings (SSSR count). The molecule has 0 saturated heterocycles. The fourth-order valence-electron chi connectivity index (χ4n) is 3.01. The van der Waals surface area contributed by atoms with E-state index in [2.05, 4.69) is 43.0 Å². The molecule has 0 bridgehead atoms. The van der Waals surface area contributed by atoms with Gasteiger partial charge in [0, 0.05) is 31.9 Å². The number of nitrogens with one attached hydrogen (secondary N) is 2. The van der Waals surface area contributed by atoms with E-state index < -0.39 is 0 Å². The topological polar surface area (TPSA) is 67.6 Å². The average Bonchev–Trinajstić information content (AvgIpc) is 3.01. The lowest BCUT2D eigenvalue weighted by Crippen LogP contribution is -2.25. The molecule has 0 spiro atoms. The second-order valence-electron chi connectivity index (χ2n) is 6.51. The maximum Gasteiger partial charge on any atom is 0.259 e. The number of rotatable bonds is 7. The van der Waals surface area contributed by atoms with Crippen LogP contribution in [-0.2, 0) is 4.79 Å². The van der Waals surface area contributed by atoms with Crippen molar-refractivity contribution in [3.8, 4) is 11.4 Å². The number of methoxy groups -OCH3 is 1. The van der Waals surface area contributed by atoms with Gasteiger partial charge in [0.25, 0.3) is 5.91 Å². The molecule has 2 N–H and O–H groups in total. The molecule has 0 aliphatic rings. The van der Waals surface area contributed by atoms with Crippen molar-refractivity contribution in [1.29, 1.82) is 0 Å². The predicted molar refractivity (Wildman–Crippen MR) is 125 cm³/mol. The van der Waals surface area contributed by atoms with Crippen LogP contribution in [0.5, 0.6) is 5.75 Å². The normalized spacial score (nSPS) is 10.9. The minimum atomic E-state index is -0.205. The molecule has 29 heavy (non-hydrogen) atoms. The number of nitrogens with zero attached hydrogens (tertiary/aromatic N) is 2. The van der Waals surface area contributed by atoms with Gasteiger partial charge in [0.15, 0.2) is 0 Å². The lowest BCUT2D eigenvalue weighted by Gasteiger charge is -2.10. The Morgan fingerprint density at radius 3 is 2.48 bits per heavy atom. The van der Waals surface area contributed by atoms with Crippen molar-refractivity contribution in [3.05, 3.63) is 75.1 Å². The molecular weight excluding hydrogens is 479 g/mol. The fourth-order valence-corrected chi connectivity index (χ4v) is 3.37. The first-order chi connectivity index (χ1) is 14.0. The van der Waals surface area contributed by atoms with Crippen LogP contribution in [-0.4, -0.2) is 30.3 Å². The number of hydrogen-bond donors (Lipinski definition) is 2. The van der Waals surface area contributed by atoms with Gasteiger partial charge < -0.3 is 14.6 Å². The van der Waals surface area contributed by atoms with Gasteiger partial charge in [-0.25, -0.2) is 5.43 Å². The van der Waals surface area contributed by atoms with Crippen molar-refractivity contribution in [2.75, 3.05) is 19.0 Å². The van der Waals surface area contributed by atoms with Gasteiger partial charge in [-0.15, -0.1) is 0 Å². The summed E-state index contributed by atoms with van der Waals surface area (Å²) in [5, 5.41) is 7.18. The van der Waals surface area contributed by atoms with Gasteiger partial charge in [-0.1, -0.05) is 0 Å². The third kappa shape index (κ3) is 5.38. The number of carbonyl (C=O) groups is 1. The highest BCUT2D eigenvalue weighted by atomic mass is 127. The summed E-state index contributed by atoms with van der Waals surface area (Å²) in [5.41, 5.74) is 7.58. The summed E-state index contributed by atoms with van der Waals surface area (Å²) in [7, 11) is 1.65. The van der Waals surface area contributed by atoms with Crippen LogP contribution in [0.3, 0.4) is 0 Å². The standard InChI is InChI=1S/C22H23IN4O2/c1-15-12-17(16(2)27(15)20-8-10-21(29-3)11-9-20)13-25-26-22(28)14-24-19-6-4-18(23)5-7-19/h4-13,24H,14H2,1-3H3,(H,26,28)/b25-13-. The zero-order valence-electron chi connectivity index (χ0n) is 16.6. The van der Waals surface area contributed by atoms with Crippen LogP contribution in [0.25, 0.3) is 5.69 Å². The van der Waals surface area contributed by atoms with Crippen LogP contribution in [0, 0.1) is 17.4 Å². The van der Waals surface area contributed by atoms with Gasteiger partial charge in [-0.05, 0) is 91.0 Å². The molecule has 7 heteroatoms. The van der Waals surface area contributed by atoms with Crippen LogP contribution in [0.2, 0.25) is 0 Å². The minimum Gasteiger partial charge on any atom is -0.497 e. The van der Waals surface area contributed by atoms with Crippen molar-refractivity contribution < 1.29 is 9.53 Å². The van der Waals surface area contributed by atoms with Gasteiger partial charge in [-0.3, -0.25) is 4.79 Å². The van der Waals surface area contributed by atoms with E-state index in [1.807, 2.05) is 68.4 Å². The first kappa shape index (κ1) is 20.9. The summed E-state index contributed by atoms with van der Waals surface area (Å²) >= 11 is 2.24. The summed E-state index contributed by atoms with van der Waals surface area (Å²) in [4.78, 5) is 12.0. The van der Waals surface area contributed by atoms with Crippen molar-refractivity contribution in [1.82, 2.24) is 9.99 Å². The first-order valence-corrected chi connectivity index (χ1v) is 10.2. The number of ether oxygens (including phenoxy) is 1. The van der Waals surface area contributed by atoms with Crippen LogP contribution >= 0.6 is 22.6 Å². The van der Waals surface area contributed by atoms with E-state index in [1.54, 1.807) is 13.3 Å². The lowest BCUT2D eigenvalue weighted by atomic mass is 10.2. The Morgan fingerprint density at radius 2 is 1.83 bits per heavy atom. The summed E-state index contributed by atoms with van der Waals surface area (Å²) in [6.45, 7) is 4.22. The predicted octanol–water partition coefficient (Wildman–Crippen LogP) is 4.27. The van der Waals surface area contributed by atoms with E-state index in [1.165, 1.54) is 0 Å². The molecule has 0 aliphatic heterocycles. The van der Waals surface area contributed by atoms with Crippen LogP contribution in [0.1, 0.15) is 17.0 Å². The molecule has 0 fully saturated rings. The Hall–Kier alpha value is -2.81. The summed E-state index contributed by atoms with van der Waals surface area (Å²) < 4.78 is 8.51. The Kier molecular flexibility index (Phi) is 6.92. The number of aryl methyl sites for hydroxylation is 1. The maximum absolute atomic E-state index is 12.0. The van der Waals surface area contributed by atoms with Crippen LogP contribution < -0.4 is 15.5 Å². The minimum absolute atomic E-state index is 0.156. The molecule has 6 nitrogen and oxygen atoms in total. The fraction of sp³-hybridized carbons (Fsp3) is 0.182. The molecule has 1 aromatic heterocycles. The largest absolute Gasteiger partial charge is 0.497 e. The number of hydrogen-bond acceptors (Lipinski definition) is 4. The maximum atomic E-state index is 12.0. The molecule has 1 heterocycles. The SMILES string of the molecule is COc1ccc(-n2c(C)cc(/C=N\NC(=O)CNc3ccc(I)cc3)c2C)cc1. The lowest BCUT2D eigenvalue weighted by molar-refractivity contribution is -0.119. The Bertz CT molecular complexity index is 1010. The van der Waals surface area contributed by atoms with E-state index in [9.17, 15) is 4.79 Å². The van der Waals surface area contributed by atoms with Gasteiger partial charge in [0.2, 0.25) is 0 Å². The highest BCUT2D eigenvalue weighted by Gasteiger charge is 2.09. The van der Waals surface area contributed by atoms with Crippen molar-refractivity contribution in [3.63, 3.8) is 0 Å². The van der Waals surface area contributed by atoms with Crippen LogP contribution in [0.15, 0.2) is 59.7 Å². The molecule has 0 radical (unpaired) electrons. The van der Waals surface area contributed by atoms with Gasteiger partial charge in [0.1, 0.15) is 5.75 Å². The zero-order valence-corrected chi connectivity index (χ0v) is 18.7. The Balaban J connectivity index is 1.61. The molecule has 2 aromatic carbocycles. The third-order valence-electron chi connectivity index (χ3n) is 4.49. The van der Waals surface area contributed by atoms with E-state index in [-0.39, 0.29) is 12.5 Å². The summed E-state index contributed by atoms with van der Waals surface area (Å²) in [5.74, 6) is 0.614. The molecule has 0 aliphatic carbocycles. The van der Waals surface area contributed by atoms with E-state index in [0.717, 1.165) is 37.6 Å². The van der Waals surface area contributed by atoms with Crippen LogP contribution in [0.4, 0.5) is 5.69 Å². The summed E-state index contributed by atoms with van der Waals surface area (Å²) in [6, 6.07) is 17.8. The highest BCUT2D eigenvalue weighted by molar-refractivity contribution is 14.1. The number of halogens is 1. The zero-order chi connectivity index (χ0) is 20.8. The number of anilines is 1. The smallest absolute Gasteiger partial charge is 0.259 e. The highest BCUT2D eigenvalue weighted by Crippen LogP contribution is 2.22. The number of benzene rings is 2. The molecule has 150 valence electrons. The number of aromatic nitrogens is 1. The van der Waals surface area contributed by atoms with Crippen molar-refractivity contribution >= 4 is 40.4 Å². The second kappa shape index (κ2) is 9.60. The third-order valence-corrected chi connectivity index (χ3v) is 5.21. The van der Waals surface area contributed by atoms with Crippen molar-refractivity contribution in [2.45, 2.75) is 13.8 Å². The Morgan fingerprint density at radius 1 is 1.14 bits per heavy atom. The number of hydrazone groups is 1. The summed E-state index contributed by atoms with van der Waals surface area (Å²) in [6.07, 6.45) is 1.67. The molecule has 3 aromatic rings. The molecular formula is C22H23IN4O2. The second-order valence-corrected chi connectivity index (χ2v) is 7.76. The molecule has 0 unspecified atom stereocenters. The van der Waals surface area contributed by atoms with Crippen molar-refractivity contribution in [2.24, 2.45) is 5.10 Å². The van der Waals surface area contributed by atoms with E-state index in [0.29, 0.717) is 0 Å². The first-order valence-electron chi connectivity index (χ1n) is 9.12. The molecule has 0 saturated carbocycles. The van der Waals surface area contributed by atoms with E-state index >= 15 is 0 Å².